The number of thiophene rings is 1. The summed E-state index contributed by atoms with van der Waals surface area (Å²) in [7, 11) is 2.14. The van der Waals surface area contributed by atoms with Gasteiger partial charge in [-0.15, -0.1) is 0 Å². The van der Waals surface area contributed by atoms with Gasteiger partial charge in [-0.2, -0.15) is 11.3 Å². The molecule has 1 aromatic carbocycles. The molecule has 0 atom stereocenters. The van der Waals surface area contributed by atoms with Gasteiger partial charge in [0.1, 0.15) is 0 Å². The molecule has 0 saturated carbocycles. The second-order valence-corrected chi connectivity index (χ2v) is 5.43. The smallest absolute Gasteiger partial charge is 0.0434 e. The maximum atomic E-state index is 5.59. The average Bonchev–Trinajstić information content (AvgIpc) is 2.82. The van der Waals surface area contributed by atoms with Gasteiger partial charge in [-0.05, 0) is 59.5 Å². The molecule has 0 aliphatic carbocycles. The van der Waals surface area contributed by atoms with Gasteiger partial charge < -0.3 is 10.6 Å². The molecule has 0 amide bonds. The monoisotopic (exact) mass is 260 g/mol. The Bertz CT molecular complexity index is 491. The predicted octanol–water partition coefficient (Wildman–Crippen LogP) is 3.19. The van der Waals surface area contributed by atoms with E-state index in [4.69, 9.17) is 5.73 Å². The first-order chi connectivity index (χ1) is 8.70. The molecular formula is C15H20N2S. The van der Waals surface area contributed by atoms with E-state index in [0.717, 1.165) is 13.0 Å². The Labute approximate surface area is 113 Å². The summed E-state index contributed by atoms with van der Waals surface area (Å²) >= 11 is 1.75. The molecule has 18 heavy (non-hydrogen) atoms. The highest BCUT2D eigenvalue weighted by Crippen LogP contribution is 2.22. The van der Waals surface area contributed by atoms with Crippen molar-refractivity contribution in [1.29, 1.82) is 0 Å². The number of anilines is 1. The molecule has 2 aromatic rings. The van der Waals surface area contributed by atoms with E-state index in [1.165, 1.54) is 22.4 Å². The molecule has 96 valence electrons. The highest BCUT2D eigenvalue weighted by Gasteiger charge is 2.06. The molecule has 0 saturated heterocycles. The molecule has 1 aromatic heterocycles. The van der Waals surface area contributed by atoms with Crippen molar-refractivity contribution in [1.82, 2.24) is 0 Å². The number of nitrogens with two attached hydrogens (primary N) is 1. The molecule has 0 spiro atoms. The quantitative estimate of drug-likeness (QED) is 0.894. The van der Waals surface area contributed by atoms with Crippen LogP contribution in [0.5, 0.6) is 0 Å². The van der Waals surface area contributed by atoms with Crippen molar-refractivity contribution in [3.63, 3.8) is 0 Å². The Morgan fingerprint density at radius 1 is 1.22 bits per heavy atom. The van der Waals surface area contributed by atoms with Gasteiger partial charge in [-0.25, -0.2) is 0 Å². The molecule has 3 heteroatoms. The molecule has 0 aliphatic heterocycles. The van der Waals surface area contributed by atoms with E-state index in [1.807, 2.05) is 0 Å². The van der Waals surface area contributed by atoms with Crippen LogP contribution in [0.15, 0.2) is 35.0 Å². The van der Waals surface area contributed by atoms with Crippen molar-refractivity contribution in [3.8, 4) is 0 Å². The lowest BCUT2D eigenvalue weighted by molar-refractivity contribution is 0.916. The minimum atomic E-state index is 0.712. The summed E-state index contributed by atoms with van der Waals surface area (Å²) in [6.45, 7) is 3.84. The highest BCUT2D eigenvalue weighted by atomic mass is 32.1. The van der Waals surface area contributed by atoms with Gasteiger partial charge in [-0.3, -0.25) is 0 Å². The molecule has 0 radical (unpaired) electrons. The maximum absolute atomic E-state index is 5.59. The predicted molar refractivity (Wildman–Crippen MR) is 80.4 cm³/mol. The lowest BCUT2D eigenvalue weighted by Crippen LogP contribution is -2.17. The van der Waals surface area contributed by atoms with Crippen molar-refractivity contribution in [2.75, 3.05) is 18.5 Å². The number of aryl methyl sites for hydroxylation is 1. The number of hydrogen-bond donors (Lipinski definition) is 1. The van der Waals surface area contributed by atoms with E-state index in [1.54, 1.807) is 11.3 Å². The van der Waals surface area contributed by atoms with Gasteiger partial charge in [-0.1, -0.05) is 12.1 Å². The number of benzene rings is 1. The summed E-state index contributed by atoms with van der Waals surface area (Å²) in [5.41, 5.74) is 10.9. The molecular weight excluding hydrogens is 240 g/mol. The number of nitrogens with zero attached hydrogens (tertiary/aromatic N) is 1. The molecule has 0 fully saturated rings. The fourth-order valence-corrected chi connectivity index (χ4v) is 2.87. The molecule has 0 bridgehead atoms. The van der Waals surface area contributed by atoms with Crippen LogP contribution < -0.4 is 10.6 Å². The maximum Gasteiger partial charge on any atom is 0.0434 e. The summed E-state index contributed by atoms with van der Waals surface area (Å²) in [6, 6.07) is 8.80. The average molecular weight is 260 g/mol. The third kappa shape index (κ3) is 3.12. The van der Waals surface area contributed by atoms with Crippen LogP contribution in [0.25, 0.3) is 0 Å². The third-order valence-electron chi connectivity index (χ3n) is 3.11. The normalized spacial score (nSPS) is 10.6. The van der Waals surface area contributed by atoms with Crippen molar-refractivity contribution in [3.05, 3.63) is 51.7 Å². The van der Waals surface area contributed by atoms with Crippen LogP contribution in [0.4, 0.5) is 5.69 Å². The van der Waals surface area contributed by atoms with Crippen LogP contribution in [0.3, 0.4) is 0 Å². The standard InChI is InChI=1S/C15H20N2S/c1-12-9-13(5-7-16)3-4-15(12)17(2)10-14-6-8-18-11-14/h3-4,6,8-9,11H,5,7,10,16H2,1-2H3. The summed E-state index contributed by atoms with van der Waals surface area (Å²) in [4.78, 5) is 2.30. The number of hydrogen-bond acceptors (Lipinski definition) is 3. The highest BCUT2D eigenvalue weighted by molar-refractivity contribution is 7.07. The molecule has 2 rings (SSSR count). The lowest BCUT2D eigenvalue weighted by atomic mass is 10.1. The van der Waals surface area contributed by atoms with Gasteiger partial charge in [0.2, 0.25) is 0 Å². The van der Waals surface area contributed by atoms with E-state index in [9.17, 15) is 0 Å². The number of rotatable bonds is 5. The zero-order chi connectivity index (χ0) is 13.0. The first-order valence-corrected chi connectivity index (χ1v) is 7.17. The molecule has 2 nitrogen and oxygen atoms in total. The summed E-state index contributed by atoms with van der Waals surface area (Å²) in [5.74, 6) is 0. The minimum absolute atomic E-state index is 0.712. The van der Waals surface area contributed by atoms with Crippen LogP contribution in [0.1, 0.15) is 16.7 Å². The molecule has 1 heterocycles. The van der Waals surface area contributed by atoms with E-state index in [0.29, 0.717) is 6.54 Å². The topological polar surface area (TPSA) is 29.3 Å². The van der Waals surface area contributed by atoms with Gasteiger partial charge in [0.25, 0.3) is 0 Å². The van der Waals surface area contributed by atoms with E-state index < -0.39 is 0 Å². The molecule has 0 aliphatic rings. The second-order valence-electron chi connectivity index (χ2n) is 4.65. The van der Waals surface area contributed by atoms with Gasteiger partial charge in [0.15, 0.2) is 0 Å². The summed E-state index contributed by atoms with van der Waals surface area (Å²) in [6.07, 6.45) is 0.954. The fraction of sp³-hybridized carbons (Fsp3) is 0.333. The largest absolute Gasteiger partial charge is 0.370 e. The Hall–Kier alpha value is -1.32. The Kier molecular flexibility index (Phi) is 4.39. The Morgan fingerprint density at radius 2 is 2.06 bits per heavy atom. The van der Waals surface area contributed by atoms with Crippen LogP contribution >= 0.6 is 11.3 Å². The zero-order valence-electron chi connectivity index (χ0n) is 11.0. The summed E-state index contributed by atoms with van der Waals surface area (Å²) < 4.78 is 0. The van der Waals surface area contributed by atoms with Gasteiger partial charge >= 0.3 is 0 Å². The van der Waals surface area contributed by atoms with Gasteiger partial charge in [0, 0.05) is 19.3 Å². The van der Waals surface area contributed by atoms with Gasteiger partial charge in [0.05, 0.1) is 0 Å². The minimum Gasteiger partial charge on any atom is -0.370 e. The van der Waals surface area contributed by atoms with Crippen LogP contribution in [0, 0.1) is 6.92 Å². The fourth-order valence-electron chi connectivity index (χ4n) is 2.21. The van der Waals surface area contributed by atoms with Crippen molar-refractivity contribution >= 4 is 17.0 Å². The van der Waals surface area contributed by atoms with E-state index >= 15 is 0 Å². The van der Waals surface area contributed by atoms with Crippen molar-refractivity contribution < 1.29 is 0 Å². The van der Waals surface area contributed by atoms with Crippen LogP contribution in [-0.2, 0) is 13.0 Å². The van der Waals surface area contributed by atoms with E-state index in [-0.39, 0.29) is 0 Å². The Morgan fingerprint density at radius 3 is 2.67 bits per heavy atom. The zero-order valence-corrected chi connectivity index (χ0v) is 11.8. The lowest BCUT2D eigenvalue weighted by Gasteiger charge is -2.21. The van der Waals surface area contributed by atoms with Crippen molar-refractivity contribution in [2.45, 2.75) is 19.9 Å². The third-order valence-corrected chi connectivity index (χ3v) is 3.84. The van der Waals surface area contributed by atoms with Crippen LogP contribution in [-0.4, -0.2) is 13.6 Å². The first kappa shape index (κ1) is 13.1. The first-order valence-electron chi connectivity index (χ1n) is 6.22. The second kappa shape index (κ2) is 6.03. The van der Waals surface area contributed by atoms with Crippen molar-refractivity contribution in [2.24, 2.45) is 5.73 Å². The van der Waals surface area contributed by atoms with E-state index in [2.05, 4.69) is 53.9 Å². The summed E-state index contributed by atoms with van der Waals surface area (Å²) in [5, 5.41) is 4.33. The molecule has 2 N–H and O–H groups in total. The SMILES string of the molecule is Cc1cc(CCN)ccc1N(C)Cc1ccsc1. The Balaban J connectivity index is 2.12. The van der Waals surface area contributed by atoms with Crippen LogP contribution in [0.2, 0.25) is 0 Å². The molecule has 0 unspecified atom stereocenters.